The molecule has 0 heterocycles. The summed E-state index contributed by atoms with van der Waals surface area (Å²) in [7, 11) is 0. The second kappa shape index (κ2) is 6.03. The molecule has 1 atom stereocenters. The molecule has 0 fully saturated rings. The average Bonchev–Trinajstić information content (AvgIpc) is 2.39. The SMILES string of the molecule is Cc1cccc(C(CCN)c2ccc(C)c(C)c2)c1. The highest BCUT2D eigenvalue weighted by atomic mass is 14.5. The molecule has 0 radical (unpaired) electrons. The highest BCUT2D eigenvalue weighted by Crippen LogP contribution is 2.29. The summed E-state index contributed by atoms with van der Waals surface area (Å²) in [6.07, 6.45) is 0.992. The Balaban J connectivity index is 2.42. The van der Waals surface area contributed by atoms with Gasteiger partial charge in [0.15, 0.2) is 0 Å². The smallest absolute Gasteiger partial charge is 0.0101 e. The third-order valence-corrected chi connectivity index (χ3v) is 3.83. The van der Waals surface area contributed by atoms with Crippen molar-refractivity contribution < 1.29 is 0 Å². The maximum atomic E-state index is 5.81. The zero-order valence-corrected chi connectivity index (χ0v) is 12.1. The average molecular weight is 253 g/mol. The lowest BCUT2D eigenvalue weighted by atomic mass is 9.86. The molecule has 0 aliphatic carbocycles. The maximum absolute atomic E-state index is 5.81. The highest BCUT2D eigenvalue weighted by molar-refractivity contribution is 5.38. The molecular weight excluding hydrogens is 230 g/mol. The molecule has 0 amide bonds. The van der Waals surface area contributed by atoms with Crippen molar-refractivity contribution >= 4 is 0 Å². The lowest BCUT2D eigenvalue weighted by Gasteiger charge is -2.19. The van der Waals surface area contributed by atoms with Crippen LogP contribution in [0.2, 0.25) is 0 Å². The van der Waals surface area contributed by atoms with Crippen molar-refractivity contribution in [1.82, 2.24) is 0 Å². The summed E-state index contributed by atoms with van der Waals surface area (Å²) in [6, 6.07) is 15.5. The first kappa shape index (κ1) is 13.8. The van der Waals surface area contributed by atoms with Crippen LogP contribution in [0.15, 0.2) is 42.5 Å². The van der Waals surface area contributed by atoms with Crippen LogP contribution in [-0.2, 0) is 0 Å². The molecule has 2 aromatic carbocycles. The molecule has 100 valence electrons. The number of nitrogens with two attached hydrogens (primary N) is 1. The zero-order chi connectivity index (χ0) is 13.8. The van der Waals surface area contributed by atoms with Crippen LogP contribution in [0.5, 0.6) is 0 Å². The molecule has 0 aliphatic heterocycles. The number of aryl methyl sites for hydroxylation is 3. The Morgan fingerprint density at radius 2 is 1.63 bits per heavy atom. The van der Waals surface area contributed by atoms with Crippen molar-refractivity contribution in [2.45, 2.75) is 33.1 Å². The molecule has 2 rings (SSSR count). The van der Waals surface area contributed by atoms with Gasteiger partial charge in [-0.25, -0.2) is 0 Å². The van der Waals surface area contributed by atoms with Crippen LogP contribution in [0.1, 0.15) is 40.2 Å². The fourth-order valence-electron chi connectivity index (χ4n) is 2.56. The lowest BCUT2D eigenvalue weighted by molar-refractivity contribution is 0.724. The number of benzene rings is 2. The van der Waals surface area contributed by atoms with Gasteiger partial charge in [0.25, 0.3) is 0 Å². The summed E-state index contributed by atoms with van der Waals surface area (Å²) in [5.74, 6) is 0.407. The van der Waals surface area contributed by atoms with E-state index in [0.717, 1.165) is 6.42 Å². The van der Waals surface area contributed by atoms with Gasteiger partial charge in [-0.15, -0.1) is 0 Å². The van der Waals surface area contributed by atoms with Crippen molar-refractivity contribution in [1.29, 1.82) is 0 Å². The van der Waals surface area contributed by atoms with Gasteiger partial charge in [0.2, 0.25) is 0 Å². The molecule has 2 aromatic rings. The molecule has 1 heteroatoms. The molecule has 0 aromatic heterocycles. The Kier molecular flexibility index (Phi) is 4.39. The fourth-order valence-corrected chi connectivity index (χ4v) is 2.56. The minimum Gasteiger partial charge on any atom is -0.330 e. The van der Waals surface area contributed by atoms with E-state index in [2.05, 4.69) is 63.2 Å². The van der Waals surface area contributed by atoms with Crippen LogP contribution < -0.4 is 5.73 Å². The number of hydrogen-bond acceptors (Lipinski definition) is 1. The van der Waals surface area contributed by atoms with Gasteiger partial charge in [0, 0.05) is 5.92 Å². The fraction of sp³-hybridized carbons (Fsp3) is 0.333. The second-order valence-corrected chi connectivity index (χ2v) is 5.39. The van der Waals surface area contributed by atoms with Crippen molar-refractivity contribution in [3.63, 3.8) is 0 Å². The van der Waals surface area contributed by atoms with Crippen LogP contribution in [0.3, 0.4) is 0 Å². The summed E-state index contributed by atoms with van der Waals surface area (Å²) in [6.45, 7) is 7.19. The van der Waals surface area contributed by atoms with Crippen molar-refractivity contribution in [2.75, 3.05) is 6.54 Å². The van der Waals surface area contributed by atoms with E-state index < -0.39 is 0 Å². The topological polar surface area (TPSA) is 26.0 Å². The van der Waals surface area contributed by atoms with Gasteiger partial charge in [-0.05, 0) is 56.0 Å². The van der Waals surface area contributed by atoms with Crippen LogP contribution in [-0.4, -0.2) is 6.54 Å². The molecule has 19 heavy (non-hydrogen) atoms. The van der Waals surface area contributed by atoms with Gasteiger partial charge in [-0.1, -0.05) is 48.0 Å². The Bertz CT molecular complexity index is 557. The van der Waals surface area contributed by atoms with E-state index in [9.17, 15) is 0 Å². The van der Waals surface area contributed by atoms with E-state index in [0.29, 0.717) is 12.5 Å². The molecule has 0 aliphatic rings. The van der Waals surface area contributed by atoms with Gasteiger partial charge in [0.1, 0.15) is 0 Å². The van der Waals surface area contributed by atoms with Crippen molar-refractivity contribution in [2.24, 2.45) is 5.73 Å². The standard InChI is InChI=1S/C18H23N/c1-13-5-4-6-16(11-13)18(9-10-19)17-8-7-14(2)15(3)12-17/h4-8,11-12,18H,9-10,19H2,1-3H3. The van der Waals surface area contributed by atoms with E-state index in [1.54, 1.807) is 0 Å². The quantitative estimate of drug-likeness (QED) is 0.872. The lowest BCUT2D eigenvalue weighted by Crippen LogP contribution is -2.09. The third-order valence-electron chi connectivity index (χ3n) is 3.83. The van der Waals surface area contributed by atoms with Gasteiger partial charge in [0.05, 0.1) is 0 Å². The monoisotopic (exact) mass is 253 g/mol. The normalized spacial score (nSPS) is 12.4. The molecule has 0 saturated heterocycles. The zero-order valence-electron chi connectivity index (χ0n) is 12.1. The molecule has 0 bridgehead atoms. The van der Waals surface area contributed by atoms with Crippen LogP contribution in [0, 0.1) is 20.8 Å². The van der Waals surface area contributed by atoms with E-state index >= 15 is 0 Å². The first-order valence-corrected chi connectivity index (χ1v) is 6.95. The van der Waals surface area contributed by atoms with Gasteiger partial charge >= 0.3 is 0 Å². The van der Waals surface area contributed by atoms with Crippen LogP contribution in [0.4, 0.5) is 0 Å². The second-order valence-electron chi connectivity index (χ2n) is 5.39. The van der Waals surface area contributed by atoms with Crippen LogP contribution in [0.25, 0.3) is 0 Å². The third kappa shape index (κ3) is 3.24. The predicted octanol–water partition coefficient (Wildman–Crippen LogP) is 4.09. The van der Waals surface area contributed by atoms with Crippen molar-refractivity contribution in [3.8, 4) is 0 Å². The summed E-state index contributed by atoms with van der Waals surface area (Å²) in [5, 5.41) is 0. The number of hydrogen-bond donors (Lipinski definition) is 1. The van der Waals surface area contributed by atoms with Gasteiger partial charge in [-0.3, -0.25) is 0 Å². The van der Waals surface area contributed by atoms with E-state index in [4.69, 9.17) is 5.73 Å². The molecule has 1 unspecified atom stereocenters. The molecular formula is C18H23N. The summed E-state index contributed by atoms with van der Waals surface area (Å²) >= 11 is 0. The minimum absolute atomic E-state index is 0.407. The maximum Gasteiger partial charge on any atom is 0.0101 e. The van der Waals surface area contributed by atoms with Gasteiger partial charge in [-0.2, -0.15) is 0 Å². The van der Waals surface area contributed by atoms with Crippen molar-refractivity contribution in [3.05, 3.63) is 70.3 Å². The summed E-state index contributed by atoms with van der Waals surface area (Å²) in [4.78, 5) is 0. The van der Waals surface area contributed by atoms with E-state index in [1.807, 2.05) is 0 Å². The molecule has 0 spiro atoms. The Morgan fingerprint density at radius 1 is 0.895 bits per heavy atom. The Labute approximate surface area is 116 Å². The summed E-state index contributed by atoms with van der Waals surface area (Å²) in [5.41, 5.74) is 12.6. The largest absolute Gasteiger partial charge is 0.330 e. The number of rotatable bonds is 4. The molecule has 1 nitrogen and oxygen atoms in total. The van der Waals surface area contributed by atoms with Crippen LogP contribution >= 0.6 is 0 Å². The minimum atomic E-state index is 0.407. The molecule has 0 saturated carbocycles. The Hall–Kier alpha value is -1.60. The first-order valence-electron chi connectivity index (χ1n) is 6.95. The summed E-state index contributed by atoms with van der Waals surface area (Å²) < 4.78 is 0. The van der Waals surface area contributed by atoms with Gasteiger partial charge < -0.3 is 5.73 Å². The predicted molar refractivity (Wildman–Crippen MR) is 82.6 cm³/mol. The highest BCUT2D eigenvalue weighted by Gasteiger charge is 2.14. The van der Waals surface area contributed by atoms with E-state index in [1.165, 1.54) is 27.8 Å². The Morgan fingerprint density at radius 3 is 2.26 bits per heavy atom. The molecule has 2 N–H and O–H groups in total. The van der Waals surface area contributed by atoms with E-state index in [-0.39, 0.29) is 0 Å². The first-order chi connectivity index (χ1) is 9.11.